The van der Waals surface area contributed by atoms with Crippen LogP contribution in [0.1, 0.15) is 39.5 Å². The molecule has 7 heteroatoms. The average molecular weight is 403 g/mol. The zero-order valence-corrected chi connectivity index (χ0v) is 16.7. The minimum atomic E-state index is -0.528. The number of hydrogen-bond acceptors (Lipinski definition) is 6. The molecule has 2 aromatic carbocycles. The van der Waals surface area contributed by atoms with Gasteiger partial charge in [-0.2, -0.15) is 0 Å². The predicted molar refractivity (Wildman–Crippen MR) is 113 cm³/mol. The Hall–Kier alpha value is -3.87. The minimum Gasteiger partial charge on any atom is -0.497 e. The van der Waals surface area contributed by atoms with Crippen LogP contribution in [0, 0.1) is 0 Å². The van der Waals surface area contributed by atoms with Gasteiger partial charge in [0, 0.05) is 17.6 Å². The minimum absolute atomic E-state index is 0.151. The summed E-state index contributed by atoms with van der Waals surface area (Å²) in [4.78, 5) is 31.3. The fourth-order valence-electron chi connectivity index (χ4n) is 3.44. The van der Waals surface area contributed by atoms with Crippen molar-refractivity contribution in [2.24, 2.45) is 0 Å². The van der Waals surface area contributed by atoms with Crippen LogP contribution < -0.4 is 15.0 Å². The van der Waals surface area contributed by atoms with E-state index in [1.165, 1.54) is 0 Å². The standard InChI is InChI=1S/C23H21N3O4/c1-3-30-23(28)15-6-4-7-16(14-15)25-21-20-19(8-5-13-24-20)22(27)26(21)17-9-11-18(29-2)12-10-17/h4-14,21,25H,3H2,1-2H3/t21-/m1/s1. The number of hydrogen-bond donors (Lipinski definition) is 1. The number of benzene rings is 2. The quantitative estimate of drug-likeness (QED) is 0.626. The molecule has 2 heterocycles. The van der Waals surface area contributed by atoms with Crippen LogP contribution in [0.5, 0.6) is 5.75 Å². The van der Waals surface area contributed by atoms with Crippen molar-refractivity contribution < 1.29 is 19.1 Å². The van der Waals surface area contributed by atoms with Gasteiger partial charge in [0.2, 0.25) is 0 Å². The smallest absolute Gasteiger partial charge is 0.338 e. The first-order valence-electron chi connectivity index (χ1n) is 9.58. The molecule has 30 heavy (non-hydrogen) atoms. The molecule has 3 aromatic rings. The highest BCUT2D eigenvalue weighted by Crippen LogP contribution is 2.37. The Morgan fingerprint density at radius 1 is 1.13 bits per heavy atom. The van der Waals surface area contributed by atoms with Crippen LogP contribution in [0.3, 0.4) is 0 Å². The Morgan fingerprint density at radius 2 is 1.93 bits per heavy atom. The highest BCUT2D eigenvalue weighted by Gasteiger charge is 2.39. The maximum atomic E-state index is 13.2. The monoisotopic (exact) mass is 403 g/mol. The summed E-state index contributed by atoms with van der Waals surface area (Å²) in [5.74, 6) is 0.157. The molecular formula is C23H21N3O4. The molecule has 1 N–H and O–H groups in total. The fourth-order valence-corrected chi connectivity index (χ4v) is 3.44. The van der Waals surface area contributed by atoms with Crippen molar-refractivity contribution in [2.75, 3.05) is 23.9 Å². The number of nitrogens with zero attached hydrogens (tertiary/aromatic N) is 2. The van der Waals surface area contributed by atoms with Crippen molar-refractivity contribution in [2.45, 2.75) is 13.1 Å². The molecule has 1 aromatic heterocycles. The molecule has 0 aliphatic carbocycles. The number of rotatable bonds is 6. The molecule has 0 saturated heterocycles. The SMILES string of the molecule is CCOC(=O)c1cccc(N[C@H]2c3ncccc3C(=O)N2c2ccc(OC)cc2)c1. The van der Waals surface area contributed by atoms with Gasteiger partial charge in [0.05, 0.1) is 30.5 Å². The third-order valence-corrected chi connectivity index (χ3v) is 4.83. The normalized spacial score (nSPS) is 14.9. The zero-order chi connectivity index (χ0) is 21.1. The zero-order valence-electron chi connectivity index (χ0n) is 16.7. The van der Waals surface area contributed by atoms with E-state index in [1.54, 1.807) is 67.6 Å². The summed E-state index contributed by atoms with van der Waals surface area (Å²) in [5, 5.41) is 3.35. The fraction of sp³-hybridized carbons (Fsp3) is 0.174. The van der Waals surface area contributed by atoms with Gasteiger partial charge in [0.1, 0.15) is 5.75 Å². The lowest BCUT2D eigenvalue weighted by atomic mass is 10.1. The van der Waals surface area contributed by atoms with E-state index in [1.807, 2.05) is 18.2 Å². The molecule has 0 saturated carbocycles. The molecule has 1 amide bonds. The second-order valence-corrected chi connectivity index (χ2v) is 6.66. The van der Waals surface area contributed by atoms with E-state index < -0.39 is 12.1 Å². The Balaban J connectivity index is 1.70. The first-order valence-corrected chi connectivity index (χ1v) is 9.58. The van der Waals surface area contributed by atoms with E-state index in [0.717, 1.165) is 0 Å². The molecule has 1 atom stereocenters. The second kappa shape index (κ2) is 8.24. The van der Waals surface area contributed by atoms with E-state index in [4.69, 9.17) is 9.47 Å². The summed E-state index contributed by atoms with van der Waals surface area (Å²) in [6.07, 6.45) is 1.13. The van der Waals surface area contributed by atoms with Gasteiger partial charge in [-0.1, -0.05) is 6.07 Å². The first kappa shape index (κ1) is 19.4. The second-order valence-electron chi connectivity index (χ2n) is 6.66. The van der Waals surface area contributed by atoms with Gasteiger partial charge in [-0.3, -0.25) is 14.7 Å². The predicted octanol–water partition coefficient (Wildman–Crippen LogP) is 4.04. The summed E-state index contributed by atoms with van der Waals surface area (Å²) >= 11 is 0. The lowest BCUT2D eigenvalue weighted by Gasteiger charge is -2.26. The number of methoxy groups -OCH3 is 1. The Kier molecular flexibility index (Phi) is 5.34. The van der Waals surface area contributed by atoms with E-state index in [9.17, 15) is 9.59 Å². The molecule has 0 fully saturated rings. The summed E-state index contributed by atoms with van der Waals surface area (Å²) in [5.41, 5.74) is 2.98. The largest absolute Gasteiger partial charge is 0.497 e. The van der Waals surface area contributed by atoms with E-state index in [0.29, 0.717) is 40.6 Å². The van der Waals surface area contributed by atoms with Gasteiger partial charge in [-0.25, -0.2) is 4.79 Å². The van der Waals surface area contributed by atoms with Crippen LogP contribution in [0.15, 0.2) is 66.9 Å². The van der Waals surface area contributed by atoms with E-state index in [-0.39, 0.29) is 5.91 Å². The van der Waals surface area contributed by atoms with Crippen molar-refractivity contribution in [3.63, 3.8) is 0 Å². The molecule has 0 spiro atoms. The highest BCUT2D eigenvalue weighted by atomic mass is 16.5. The average Bonchev–Trinajstić information content (AvgIpc) is 3.06. The van der Waals surface area contributed by atoms with Gasteiger partial charge in [-0.15, -0.1) is 0 Å². The van der Waals surface area contributed by atoms with Crippen LogP contribution >= 0.6 is 0 Å². The van der Waals surface area contributed by atoms with Crippen molar-refractivity contribution in [3.8, 4) is 5.75 Å². The maximum absolute atomic E-state index is 13.2. The topological polar surface area (TPSA) is 80.8 Å². The van der Waals surface area contributed by atoms with Crippen LogP contribution in [0.4, 0.5) is 11.4 Å². The maximum Gasteiger partial charge on any atom is 0.338 e. The van der Waals surface area contributed by atoms with E-state index >= 15 is 0 Å². The summed E-state index contributed by atoms with van der Waals surface area (Å²) in [6.45, 7) is 2.07. The number of carbonyl (C=O) groups excluding carboxylic acids is 2. The molecule has 1 aliphatic heterocycles. The number of carbonyl (C=O) groups is 2. The van der Waals surface area contributed by atoms with Crippen LogP contribution in [-0.4, -0.2) is 30.6 Å². The number of pyridine rings is 1. The Labute approximate surface area is 174 Å². The molecule has 0 radical (unpaired) electrons. The Morgan fingerprint density at radius 3 is 2.67 bits per heavy atom. The molecule has 152 valence electrons. The number of anilines is 2. The van der Waals surface area contributed by atoms with E-state index in [2.05, 4.69) is 10.3 Å². The van der Waals surface area contributed by atoms with Crippen LogP contribution in [-0.2, 0) is 4.74 Å². The summed E-state index contributed by atoms with van der Waals surface area (Å²) in [6, 6.07) is 17.8. The van der Waals surface area contributed by atoms with Crippen LogP contribution in [0.25, 0.3) is 0 Å². The molecule has 4 rings (SSSR count). The lowest BCUT2D eigenvalue weighted by molar-refractivity contribution is 0.0526. The molecule has 7 nitrogen and oxygen atoms in total. The number of ether oxygens (including phenoxy) is 2. The molecule has 0 bridgehead atoms. The van der Waals surface area contributed by atoms with Gasteiger partial charge in [0.25, 0.3) is 5.91 Å². The number of esters is 1. The van der Waals surface area contributed by atoms with Crippen molar-refractivity contribution >= 4 is 23.3 Å². The van der Waals surface area contributed by atoms with Crippen molar-refractivity contribution in [1.82, 2.24) is 4.98 Å². The third-order valence-electron chi connectivity index (χ3n) is 4.83. The van der Waals surface area contributed by atoms with Crippen molar-refractivity contribution in [3.05, 3.63) is 83.7 Å². The number of fused-ring (bicyclic) bond motifs is 1. The molecule has 1 aliphatic rings. The number of amides is 1. The van der Waals surface area contributed by atoms with Gasteiger partial charge in [0.15, 0.2) is 6.17 Å². The van der Waals surface area contributed by atoms with Gasteiger partial charge >= 0.3 is 5.97 Å². The molecular weight excluding hydrogens is 382 g/mol. The van der Waals surface area contributed by atoms with Crippen molar-refractivity contribution in [1.29, 1.82) is 0 Å². The molecule has 0 unspecified atom stereocenters. The Bertz CT molecular complexity index is 1080. The third kappa shape index (κ3) is 3.57. The summed E-state index contributed by atoms with van der Waals surface area (Å²) in [7, 11) is 1.59. The van der Waals surface area contributed by atoms with Crippen LogP contribution in [0.2, 0.25) is 0 Å². The number of nitrogens with one attached hydrogen (secondary N) is 1. The summed E-state index contributed by atoms with van der Waals surface area (Å²) < 4.78 is 10.3. The van der Waals surface area contributed by atoms with Gasteiger partial charge in [-0.05, 0) is 61.5 Å². The first-order chi connectivity index (χ1) is 14.6. The van der Waals surface area contributed by atoms with Gasteiger partial charge < -0.3 is 14.8 Å². The number of aromatic nitrogens is 1. The lowest BCUT2D eigenvalue weighted by Crippen LogP contribution is -2.32. The highest BCUT2D eigenvalue weighted by molar-refractivity contribution is 6.11.